The molecule has 0 saturated heterocycles. The number of nitrogens with two attached hydrogens (primary N) is 1. The summed E-state index contributed by atoms with van der Waals surface area (Å²) in [7, 11) is 0. The van der Waals surface area contributed by atoms with E-state index in [4.69, 9.17) is 10.3 Å². The Bertz CT molecular complexity index is 1260. The second-order valence-electron chi connectivity index (χ2n) is 10.3. The highest BCUT2D eigenvalue weighted by Crippen LogP contribution is 2.73. The Morgan fingerprint density at radius 1 is 1.24 bits per heavy atom. The van der Waals surface area contributed by atoms with Crippen molar-refractivity contribution in [2.75, 3.05) is 11.1 Å². The van der Waals surface area contributed by atoms with E-state index in [1.807, 2.05) is 51.1 Å². The first kappa shape index (κ1) is 21.3. The molecule has 1 aromatic carbocycles. The summed E-state index contributed by atoms with van der Waals surface area (Å²) < 4.78 is 7.05. The predicted molar refractivity (Wildman–Crippen MR) is 124 cm³/mol. The molecule has 2 aromatic heterocycles. The van der Waals surface area contributed by atoms with Gasteiger partial charge in [0.25, 0.3) is 0 Å². The van der Waals surface area contributed by atoms with Crippen LogP contribution in [0.1, 0.15) is 75.7 Å². The number of nitriles is 1. The monoisotopic (exact) mass is 444 g/mol. The third-order valence-corrected chi connectivity index (χ3v) is 7.22. The molecule has 2 bridgehead atoms. The van der Waals surface area contributed by atoms with E-state index in [1.165, 1.54) is 0 Å². The van der Waals surface area contributed by atoms with Crippen LogP contribution in [0.3, 0.4) is 0 Å². The van der Waals surface area contributed by atoms with Crippen molar-refractivity contribution >= 4 is 17.6 Å². The molecule has 8 nitrogen and oxygen atoms in total. The van der Waals surface area contributed by atoms with E-state index in [2.05, 4.69) is 28.6 Å². The van der Waals surface area contributed by atoms with Gasteiger partial charge in [0.1, 0.15) is 23.1 Å². The van der Waals surface area contributed by atoms with Crippen LogP contribution in [0, 0.1) is 16.7 Å². The number of benzene rings is 1. The molecular weight excluding hydrogens is 416 g/mol. The predicted octanol–water partition coefficient (Wildman–Crippen LogP) is 4.76. The molecule has 0 aliphatic heterocycles. The van der Waals surface area contributed by atoms with Crippen molar-refractivity contribution in [3.05, 3.63) is 47.2 Å². The minimum atomic E-state index is -0.393. The molecule has 1 amide bonds. The van der Waals surface area contributed by atoms with E-state index in [-0.39, 0.29) is 17.4 Å². The van der Waals surface area contributed by atoms with Crippen LogP contribution in [0.4, 0.5) is 11.7 Å². The quantitative estimate of drug-likeness (QED) is 0.565. The van der Waals surface area contributed by atoms with E-state index in [0.29, 0.717) is 28.4 Å². The second-order valence-corrected chi connectivity index (χ2v) is 10.3. The van der Waals surface area contributed by atoms with Crippen molar-refractivity contribution in [1.29, 1.82) is 5.26 Å². The Kier molecular flexibility index (Phi) is 4.64. The Morgan fingerprint density at radius 3 is 2.48 bits per heavy atom. The number of hydrogen-bond acceptors (Lipinski definition) is 6. The lowest BCUT2D eigenvalue weighted by atomic mass is 9.35. The summed E-state index contributed by atoms with van der Waals surface area (Å²) in [5.41, 5.74) is 10.2. The van der Waals surface area contributed by atoms with Crippen LogP contribution < -0.4 is 11.1 Å². The largest absolute Gasteiger partial charge is 0.383 e. The maximum atomic E-state index is 12.8. The molecule has 3 saturated carbocycles. The van der Waals surface area contributed by atoms with E-state index in [0.717, 1.165) is 36.1 Å². The molecule has 3 aliphatic carbocycles. The average molecular weight is 445 g/mol. The zero-order valence-electron chi connectivity index (χ0n) is 19.3. The molecule has 170 valence electrons. The Morgan fingerprint density at radius 2 is 1.91 bits per heavy atom. The van der Waals surface area contributed by atoms with Crippen LogP contribution in [-0.2, 0) is 10.2 Å². The van der Waals surface area contributed by atoms with Gasteiger partial charge in [0.15, 0.2) is 0 Å². The fraction of sp³-hybridized carbons (Fsp3) is 0.440. The SMILES string of the molecule is CC(C(=O)Nc1cc(C23CC(C)(C2)C3)no1)c1ccc(-c2nn(C(C)C)c(N)c2C#N)cc1. The van der Waals surface area contributed by atoms with Crippen LogP contribution in [0.5, 0.6) is 0 Å². The molecule has 2 heterocycles. The van der Waals surface area contributed by atoms with E-state index >= 15 is 0 Å². The van der Waals surface area contributed by atoms with Gasteiger partial charge in [0.2, 0.25) is 11.8 Å². The number of hydrogen-bond donors (Lipinski definition) is 2. The summed E-state index contributed by atoms with van der Waals surface area (Å²) in [6.07, 6.45) is 3.45. The van der Waals surface area contributed by atoms with Crippen molar-refractivity contribution in [2.45, 2.75) is 64.3 Å². The topological polar surface area (TPSA) is 123 Å². The summed E-state index contributed by atoms with van der Waals surface area (Å²) in [5.74, 6) is 0.191. The number of rotatable bonds is 6. The van der Waals surface area contributed by atoms with E-state index in [9.17, 15) is 10.1 Å². The van der Waals surface area contributed by atoms with Gasteiger partial charge in [-0.05, 0) is 51.0 Å². The number of amides is 1. The Hall–Kier alpha value is -3.60. The molecule has 8 heteroatoms. The normalized spacial score (nSPS) is 24.0. The lowest BCUT2D eigenvalue weighted by molar-refractivity contribution is -0.129. The number of carbonyl (C=O) groups excluding carboxylic acids is 1. The van der Waals surface area contributed by atoms with E-state index in [1.54, 1.807) is 4.68 Å². The van der Waals surface area contributed by atoms with Gasteiger partial charge in [-0.25, -0.2) is 4.68 Å². The minimum absolute atomic E-state index is 0.0446. The van der Waals surface area contributed by atoms with Crippen molar-refractivity contribution in [2.24, 2.45) is 5.41 Å². The molecule has 33 heavy (non-hydrogen) atoms. The van der Waals surface area contributed by atoms with Crippen LogP contribution in [-0.4, -0.2) is 20.8 Å². The smallest absolute Gasteiger partial charge is 0.234 e. The van der Waals surface area contributed by atoms with Gasteiger partial charge in [-0.3, -0.25) is 10.1 Å². The molecule has 3 fully saturated rings. The summed E-state index contributed by atoms with van der Waals surface area (Å²) in [4.78, 5) is 12.8. The Balaban J connectivity index is 1.29. The summed E-state index contributed by atoms with van der Waals surface area (Å²) in [5, 5.41) is 21.1. The maximum Gasteiger partial charge on any atom is 0.234 e. The molecule has 0 spiro atoms. The van der Waals surface area contributed by atoms with Crippen LogP contribution >= 0.6 is 0 Å². The molecule has 3 aliphatic rings. The first-order valence-corrected chi connectivity index (χ1v) is 11.3. The number of carbonyl (C=O) groups is 1. The molecule has 1 unspecified atom stereocenters. The third-order valence-electron chi connectivity index (χ3n) is 7.22. The number of nitrogens with one attached hydrogen (secondary N) is 1. The summed E-state index contributed by atoms with van der Waals surface area (Å²) >= 11 is 0. The molecule has 3 N–H and O–H groups in total. The second kappa shape index (κ2) is 7.20. The maximum absolute atomic E-state index is 12.8. The molecule has 0 radical (unpaired) electrons. The summed E-state index contributed by atoms with van der Waals surface area (Å²) in [6.45, 7) is 8.07. The first-order valence-electron chi connectivity index (χ1n) is 11.3. The first-order chi connectivity index (χ1) is 15.6. The number of nitrogen functional groups attached to an aromatic ring is 1. The number of anilines is 2. The zero-order valence-corrected chi connectivity index (χ0v) is 19.3. The minimum Gasteiger partial charge on any atom is -0.383 e. The summed E-state index contributed by atoms with van der Waals surface area (Å²) in [6, 6.07) is 11.5. The van der Waals surface area contributed by atoms with Gasteiger partial charge in [0.05, 0.1) is 11.6 Å². The van der Waals surface area contributed by atoms with Gasteiger partial charge < -0.3 is 10.3 Å². The van der Waals surface area contributed by atoms with Crippen molar-refractivity contribution in [3.8, 4) is 17.3 Å². The van der Waals surface area contributed by atoms with Gasteiger partial charge in [0, 0.05) is 23.1 Å². The van der Waals surface area contributed by atoms with Gasteiger partial charge >= 0.3 is 0 Å². The molecule has 6 rings (SSSR count). The standard InChI is InChI=1S/C25H28N6O2/c1-14(2)31-22(27)18(10-26)21(29-31)17-7-5-16(6-8-17)15(3)23(32)28-20-9-19(30-33-20)25-11-24(4,12-25)13-25/h5-9,14-15H,11-13,27H2,1-4H3,(H,28,32). The lowest BCUT2D eigenvalue weighted by Crippen LogP contribution is -2.62. The van der Waals surface area contributed by atoms with Crippen molar-refractivity contribution in [1.82, 2.24) is 14.9 Å². The third kappa shape index (κ3) is 3.30. The highest BCUT2D eigenvalue weighted by molar-refractivity contribution is 5.94. The van der Waals surface area contributed by atoms with Gasteiger partial charge in [-0.2, -0.15) is 10.4 Å². The number of nitrogens with zero attached hydrogens (tertiary/aromatic N) is 4. The Labute approximate surface area is 192 Å². The average Bonchev–Trinajstić information content (AvgIpc) is 3.34. The van der Waals surface area contributed by atoms with Crippen molar-refractivity contribution < 1.29 is 9.32 Å². The van der Waals surface area contributed by atoms with E-state index < -0.39 is 5.92 Å². The zero-order chi connectivity index (χ0) is 23.5. The molecular formula is C25H28N6O2. The van der Waals surface area contributed by atoms with Gasteiger partial charge in [-0.15, -0.1) is 0 Å². The fourth-order valence-electron chi connectivity index (χ4n) is 5.62. The van der Waals surface area contributed by atoms with Gasteiger partial charge in [-0.1, -0.05) is 36.3 Å². The van der Waals surface area contributed by atoms with Crippen molar-refractivity contribution in [3.63, 3.8) is 0 Å². The highest BCUT2D eigenvalue weighted by Gasteiger charge is 2.66. The van der Waals surface area contributed by atoms with Crippen LogP contribution in [0.2, 0.25) is 0 Å². The van der Waals surface area contributed by atoms with Crippen LogP contribution in [0.15, 0.2) is 34.9 Å². The lowest BCUT2D eigenvalue weighted by Gasteiger charge is -2.68. The highest BCUT2D eigenvalue weighted by atomic mass is 16.5. The van der Waals surface area contributed by atoms with Crippen LogP contribution in [0.25, 0.3) is 11.3 Å². The fourth-order valence-corrected chi connectivity index (χ4v) is 5.62. The molecule has 3 aromatic rings. The molecule has 1 atom stereocenters. The number of aromatic nitrogens is 3.